The molecule has 134 valence electrons. The number of Topliss-reactive ketones (excluding diaryl/α,β-unsaturated/α-hetero) is 1. The van der Waals surface area contributed by atoms with Crippen molar-refractivity contribution in [2.75, 3.05) is 26.3 Å². The summed E-state index contributed by atoms with van der Waals surface area (Å²) in [5.74, 6) is -1.08. The molecule has 0 radical (unpaired) electrons. The zero-order valence-electron chi connectivity index (χ0n) is 13.1. The zero-order valence-corrected chi connectivity index (χ0v) is 14.7. The highest BCUT2D eigenvalue weighted by Gasteiger charge is 2.30. The lowest BCUT2D eigenvalue weighted by atomic mass is 10.1. The number of aromatic amines is 1. The number of morpholine rings is 1. The minimum absolute atomic E-state index is 0.00406. The Hall–Kier alpha value is -2.08. The highest BCUT2D eigenvalue weighted by molar-refractivity contribution is 7.91. The van der Waals surface area contributed by atoms with Gasteiger partial charge in [0.1, 0.15) is 9.90 Å². The van der Waals surface area contributed by atoms with Crippen LogP contribution in [0.5, 0.6) is 0 Å². The molecule has 1 aliphatic rings. The van der Waals surface area contributed by atoms with E-state index in [1.807, 2.05) is 0 Å². The third-order valence-electron chi connectivity index (χ3n) is 3.74. The first kappa shape index (κ1) is 17.7. The molecule has 1 amide bonds. The van der Waals surface area contributed by atoms with Gasteiger partial charge < -0.3 is 10.5 Å². The van der Waals surface area contributed by atoms with Crippen LogP contribution in [0, 0.1) is 0 Å². The van der Waals surface area contributed by atoms with Crippen LogP contribution in [0.15, 0.2) is 22.5 Å². The molecule has 3 N–H and O–H groups in total. The fraction of sp³-hybridized carbons (Fsp3) is 0.357. The number of carbonyl (C=O) groups excluding carboxylic acids is 2. The number of hydrogen-bond acceptors (Lipinski definition) is 7. The van der Waals surface area contributed by atoms with Crippen LogP contribution >= 0.6 is 11.3 Å². The monoisotopic (exact) mass is 384 g/mol. The van der Waals surface area contributed by atoms with E-state index in [4.69, 9.17) is 10.5 Å². The molecule has 3 rings (SSSR count). The third kappa shape index (κ3) is 3.63. The summed E-state index contributed by atoms with van der Waals surface area (Å²) in [6, 6.07) is 2.75. The molecular weight excluding hydrogens is 368 g/mol. The third-order valence-corrected chi connectivity index (χ3v) is 7.22. The Kier molecular flexibility index (Phi) is 4.99. The van der Waals surface area contributed by atoms with Crippen LogP contribution in [-0.2, 0) is 21.2 Å². The average Bonchev–Trinajstić information content (AvgIpc) is 3.25. The number of nitrogens with zero attached hydrogens (tertiary/aromatic N) is 2. The van der Waals surface area contributed by atoms with E-state index in [-0.39, 0.29) is 40.8 Å². The topological polar surface area (TPSA) is 135 Å². The summed E-state index contributed by atoms with van der Waals surface area (Å²) in [5.41, 5.74) is 5.68. The summed E-state index contributed by atoms with van der Waals surface area (Å²) in [6.07, 6.45) is 1.30. The van der Waals surface area contributed by atoms with E-state index in [0.717, 1.165) is 11.3 Å². The lowest BCUT2D eigenvalue weighted by Gasteiger charge is -2.25. The van der Waals surface area contributed by atoms with E-state index in [9.17, 15) is 18.0 Å². The number of rotatable bonds is 6. The molecule has 11 heteroatoms. The predicted octanol–water partition coefficient (Wildman–Crippen LogP) is 0.0164. The SMILES string of the molecule is NC(=O)c1cc(S(=O)(=O)N2CCOCC2)sc1CC(=O)c1ccn[nH]1. The van der Waals surface area contributed by atoms with Gasteiger partial charge in [0.2, 0.25) is 5.91 Å². The number of thiophene rings is 1. The molecule has 2 aromatic heterocycles. The largest absolute Gasteiger partial charge is 0.379 e. The van der Waals surface area contributed by atoms with Crippen LogP contribution in [0.25, 0.3) is 0 Å². The number of amides is 1. The van der Waals surface area contributed by atoms with E-state index in [2.05, 4.69) is 10.2 Å². The zero-order chi connectivity index (χ0) is 18.0. The minimum Gasteiger partial charge on any atom is -0.379 e. The van der Waals surface area contributed by atoms with E-state index >= 15 is 0 Å². The maximum absolute atomic E-state index is 12.7. The first-order chi connectivity index (χ1) is 11.9. The number of ketones is 1. The van der Waals surface area contributed by atoms with Gasteiger partial charge in [-0.1, -0.05) is 0 Å². The van der Waals surface area contributed by atoms with E-state index in [1.165, 1.54) is 22.6 Å². The minimum atomic E-state index is -3.75. The highest BCUT2D eigenvalue weighted by atomic mass is 32.2. The van der Waals surface area contributed by atoms with Crippen molar-refractivity contribution < 1.29 is 22.7 Å². The average molecular weight is 384 g/mol. The number of primary amides is 1. The lowest BCUT2D eigenvalue weighted by Crippen LogP contribution is -2.40. The maximum atomic E-state index is 12.7. The Morgan fingerprint density at radius 2 is 2.08 bits per heavy atom. The van der Waals surface area contributed by atoms with Crippen molar-refractivity contribution in [2.24, 2.45) is 5.73 Å². The molecule has 0 aliphatic carbocycles. The summed E-state index contributed by atoms with van der Waals surface area (Å²) in [7, 11) is -3.75. The van der Waals surface area contributed by atoms with E-state index < -0.39 is 15.9 Å². The Labute approximate surface area is 147 Å². The molecule has 2 aromatic rings. The molecule has 0 unspecified atom stereocenters. The number of ether oxygens (including phenoxy) is 1. The number of nitrogens with one attached hydrogen (secondary N) is 1. The molecule has 1 saturated heterocycles. The van der Waals surface area contributed by atoms with Gasteiger partial charge in [0.05, 0.1) is 18.8 Å². The van der Waals surface area contributed by atoms with Crippen molar-refractivity contribution in [3.8, 4) is 0 Å². The molecule has 0 bridgehead atoms. The van der Waals surface area contributed by atoms with Gasteiger partial charge in [0, 0.05) is 30.6 Å². The van der Waals surface area contributed by atoms with Gasteiger partial charge in [-0.05, 0) is 12.1 Å². The van der Waals surface area contributed by atoms with Crippen LogP contribution in [0.1, 0.15) is 25.7 Å². The molecule has 1 fully saturated rings. The number of sulfonamides is 1. The molecule has 3 heterocycles. The Morgan fingerprint density at radius 1 is 1.36 bits per heavy atom. The molecule has 9 nitrogen and oxygen atoms in total. The predicted molar refractivity (Wildman–Crippen MR) is 89.0 cm³/mol. The van der Waals surface area contributed by atoms with Crippen LogP contribution in [0.4, 0.5) is 0 Å². The summed E-state index contributed by atoms with van der Waals surface area (Å²) in [5, 5.41) is 6.24. The van der Waals surface area contributed by atoms with E-state index in [1.54, 1.807) is 0 Å². The number of aromatic nitrogens is 2. The van der Waals surface area contributed by atoms with Gasteiger partial charge in [0.15, 0.2) is 5.78 Å². The second kappa shape index (κ2) is 7.04. The lowest BCUT2D eigenvalue weighted by molar-refractivity contribution is 0.0731. The van der Waals surface area contributed by atoms with Crippen molar-refractivity contribution in [3.63, 3.8) is 0 Å². The quantitative estimate of drug-likeness (QED) is 0.674. The van der Waals surface area contributed by atoms with Crippen LogP contribution in [-0.4, -0.2) is 60.9 Å². The molecule has 0 spiro atoms. The molecule has 0 atom stereocenters. The van der Waals surface area contributed by atoms with Crippen LogP contribution in [0.2, 0.25) is 0 Å². The van der Waals surface area contributed by atoms with Gasteiger partial charge >= 0.3 is 0 Å². The molecule has 0 saturated carbocycles. The van der Waals surface area contributed by atoms with Gasteiger partial charge in [0.25, 0.3) is 10.0 Å². The van der Waals surface area contributed by atoms with Gasteiger partial charge in [-0.25, -0.2) is 8.42 Å². The van der Waals surface area contributed by atoms with Crippen molar-refractivity contribution in [1.82, 2.24) is 14.5 Å². The van der Waals surface area contributed by atoms with Crippen LogP contribution < -0.4 is 5.73 Å². The first-order valence-electron chi connectivity index (χ1n) is 7.42. The van der Waals surface area contributed by atoms with E-state index in [0.29, 0.717) is 18.1 Å². The molecule has 25 heavy (non-hydrogen) atoms. The van der Waals surface area contributed by atoms with Crippen molar-refractivity contribution in [2.45, 2.75) is 10.6 Å². The van der Waals surface area contributed by atoms with Crippen molar-refractivity contribution >= 4 is 33.1 Å². The van der Waals surface area contributed by atoms with Crippen LogP contribution in [0.3, 0.4) is 0 Å². The smallest absolute Gasteiger partial charge is 0.252 e. The number of H-pyrrole nitrogens is 1. The van der Waals surface area contributed by atoms with Gasteiger partial charge in [-0.15, -0.1) is 11.3 Å². The molecular formula is C14H16N4O5S2. The maximum Gasteiger partial charge on any atom is 0.252 e. The number of hydrogen-bond donors (Lipinski definition) is 2. The molecule has 0 aromatic carbocycles. The summed E-state index contributed by atoms with van der Waals surface area (Å²) in [4.78, 5) is 24.2. The summed E-state index contributed by atoms with van der Waals surface area (Å²) < 4.78 is 31.9. The Bertz CT molecular complexity index is 882. The second-order valence-electron chi connectivity index (χ2n) is 5.35. The first-order valence-corrected chi connectivity index (χ1v) is 9.68. The fourth-order valence-electron chi connectivity index (χ4n) is 2.44. The van der Waals surface area contributed by atoms with Crippen molar-refractivity contribution in [3.05, 3.63) is 34.5 Å². The summed E-state index contributed by atoms with van der Waals surface area (Å²) >= 11 is 0.888. The number of nitrogens with two attached hydrogens (primary N) is 1. The standard InChI is InChI=1S/C14H16N4O5S2/c15-14(20)9-7-13(25(21,22)18-3-5-23-6-4-18)24-12(9)8-11(19)10-1-2-16-17-10/h1-2,7H,3-6,8H2,(H2,15,20)(H,16,17). The fourth-order valence-corrected chi connectivity index (χ4v) is 5.52. The Morgan fingerprint density at radius 3 is 2.68 bits per heavy atom. The Balaban J connectivity index is 1.91. The van der Waals surface area contributed by atoms with Crippen molar-refractivity contribution in [1.29, 1.82) is 0 Å². The normalized spacial score (nSPS) is 16.0. The summed E-state index contributed by atoms with van der Waals surface area (Å²) in [6.45, 7) is 1.12. The molecule has 1 aliphatic heterocycles. The number of carbonyl (C=O) groups is 2. The highest BCUT2D eigenvalue weighted by Crippen LogP contribution is 2.30. The second-order valence-corrected chi connectivity index (χ2v) is 8.65. The van der Waals surface area contributed by atoms with Gasteiger partial charge in [-0.3, -0.25) is 14.7 Å². The van der Waals surface area contributed by atoms with Gasteiger partial charge in [-0.2, -0.15) is 9.40 Å².